The van der Waals surface area contributed by atoms with Gasteiger partial charge in [0.15, 0.2) is 0 Å². The molecular formula is C22H27F3N6O2. The quantitative estimate of drug-likeness (QED) is 0.552. The number of alkyl halides is 3. The number of fused-ring (bicyclic) bond motifs is 1. The van der Waals surface area contributed by atoms with Crippen LogP contribution in [0.25, 0.3) is 5.78 Å². The van der Waals surface area contributed by atoms with Crippen LogP contribution in [0.4, 0.5) is 13.2 Å². The molecule has 0 fully saturated rings. The third-order valence-electron chi connectivity index (χ3n) is 5.52. The number of carbonyl (C=O) groups is 1. The number of halogens is 3. The van der Waals surface area contributed by atoms with Crippen LogP contribution in [0.1, 0.15) is 40.8 Å². The summed E-state index contributed by atoms with van der Waals surface area (Å²) in [5.74, 6) is -0.755. The number of methoxy groups -OCH3 is 1. The first kappa shape index (κ1) is 24.4. The van der Waals surface area contributed by atoms with Crippen molar-refractivity contribution in [3.05, 3.63) is 52.6 Å². The number of amides is 1. The molecule has 3 rings (SSSR count). The van der Waals surface area contributed by atoms with Crippen molar-refractivity contribution in [2.75, 3.05) is 27.7 Å². The topological polar surface area (TPSA) is 84.6 Å². The molecule has 1 amide bonds. The van der Waals surface area contributed by atoms with Gasteiger partial charge in [-0.25, -0.2) is 9.50 Å². The Hall–Kier alpha value is -3.21. The van der Waals surface area contributed by atoms with Crippen LogP contribution in [0.5, 0.6) is 5.75 Å². The highest BCUT2D eigenvalue weighted by molar-refractivity contribution is 5.76. The Balaban J connectivity index is 1.67. The number of hydrogen-bond donors (Lipinski definition) is 1. The van der Waals surface area contributed by atoms with E-state index >= 15 is 0 Å². The first-order valence-electron chi connectivity index (χ1n) is 10.4. The average molecular weight is 464 g/mol. The minimum absolute atomic E-state index is 0.0303. The van der Waals surface area contributed by atoms with Crippen molar-refractivity contribution in [2.45, 2.75) is 38.9 Å². The Labute approximate surface area is 189 Å². The number of carbonyl (C=O) groups excluding carboxylic acids is 1. The van der Waals surface area contributed by atoms with Crippen LogP contribution in [0, 0.1) is 13.8 Å². The molecule has 0 saturated heterocycles. The maximum atomic E-state index is 13.0. The van der Waals surface area contributed by atoms with Gasteiger partial charge in [-0.3, -0.25) is 4.79 Å². The van der Waals surface area contributed by atoms with Crippen molar-refractivity contribution in [2.24, 2.45) is 0 Å². The van der Waals surface area contributed by atoms with Crippen LogP contribution in [0.2, 0.25) is 0 Å². The molecular weight excluding hydrogens is 437 g/mol. The molecule has 0 spiro atoms. The smallest absolute Gasteiger partial charge is 0.453 e. The molecule has 8 nitrogen and oxygen atoms in total. The Morgan fingerprint density at radius 1 is 1.18 bits per heavy atom. The lowest BCUT2D eigenvalue weighted by atomic mass is 10.0. The molecule has 0 saturated carbocycles. The van der Waals surface area contributed by atoms with Crippen molar-refractivity contribution >= 4 is 11.7 Å². The Kier molecular flexibility index (Phi) is 7.21. The number of nitrogens with one attached hydrogen (secondary N) is 1. The van der Waals surface area contributed by atoms with Crippen molar-refractivity contribution < 1.29 is 22.7 Å². The Bertz CT molecular complexity index is 1130. The van der Waals surface area contributed by atoms with Gasteiger partial charge in [-0.05, 0) is 57.6 Å². The van der Waals surface area contributed by atoms with Crippen molar-refractivity contribution in [1.82, 2.24) is 29.8 Å². The van der Waals surface area contributed by atoms with Crippen molar-refractivity contribution in [1.29, 1.82) is 0 Å². The largest absolute Gasteiger partial charge is 0.497 e. The number of likely N-dealkylation sites (N-methyl/N-ethyl adjacent to an activating group) is 1. The van der Waals surface area contributed by atoms with E-state index in [1.807, 2.05) is 43.3 Å². The molecule has 0 aliphatic heterocycles. The number of aryl methyl sites for hydroxylation is 2. The molecule has 0 bridgehead atoms. The minimum Gasteiger partial charge on any atom is -0.497 e. The summed E-state index contributed by atoms with van der Waals surface area (Å²) >= 11 is 0. The molecule has 3 aromatic rings. The first-order valence-corrected chi connectivity index (χ1v) is 10.4. The number of benzene rings is 1. The molecule has 1 N–H and O–H groups in total. The molecule has 0 unspecified atom stereocenters. The monoisotopic (exact) mass is 464 g/mol. The van der Waals surface area contributed by atoms with E-state index in [2.05, 4.69) is 20.4 Å². The molecule has 0 aliphatic carbocycles. The molecule has 11 heteroatoms. The summed E-state index contributed by atoms with van der Waals surface area (Å²) in [5.41, 5.74) is 2.72. The van der Waals surface area contributed by atoms with Gasteiger partial charge in [0.25, 0.3) is 11.6 Å². The third kappa shape index (κ3) is 5.59. The molecule has 2 heterocycles. The second-order valence-electron chi connectivity index (χ2n) is 7.96. The minimum atomic E-state index is -4.65. The van der Waals surface area contributed by atoms with Crippen molar-refractivity contribution in [3.63, 3.8) is 0 Å². The highest BCUT2D eigenvalue weighted by atomic mass is 19.4. The van der Waals surface area contributed by atoms with Crippen LogP contribution < -0.4 is 10.1 Å². The van der Waals surface area contributed by atoms with Crippen LogP contribution >= 0.6 is 0 Å². The maximum absolute atomic E-state index is 13.0. The van der Waals surface area contributed by atoms with Gasteiger partial charge in [-0.2, -0.15) is 18.2 Å². The van der Waals surface area contributed by atoms with Crippen LogP contribution in [-0.4, -0.2) is 58.1 Å². The fraction of sp³-hybridized carbons (Fsp3) is 0.455. The Morgan fingerprint density at radius 2 is 1.85 bits per heavy atom. The van der Waals surface area contributed by atoms with Gasteiger partial charge in [0.05, 0.1) is 13.2 Å². The van der Waals surface area contributed by atoms with E-state index < -0.39 is 12.0 Å². The summed E-state index contributed by atoms with van der Waals surface area (Å²) in [6.07, 6.45) is -4.16. The zero-order chi connectivity index (χ0) is 24.3. The predicted octanol–water partition coefficient (Wildman–Crippen LogP) is 3.12. The summed E-state index contributed by atoms with van der Waals surface area (Å²) in [6, 6.07) is 7.62. The van der Waals surface area contributed by atoms with Crippen LogP contribution in [-0.2, 0) is 17.4 Å². The molecule has 178 valence electrons. The van der Waals surface area contributed by atoms with E-state index in [0.29, 0.717) is 29.9 Å². The van der Waals surface area contributed by atoms with E-state index in [1.54, 1.807) is 21.0 Å². The second-order valence-corrected chi connectivity index (χ2v) is 7.96. The van der Waals surface area contributed by atoms with Crippen LogP contribution in [0.15, 0.2) is 24.3 Å². The fourth-order valence-electron chi connectivity index (χ4n) is 3.65. The first-order chi connectivity index (χ1) is 15.5. The second kappa shape index (κ2) is 9.74. The normalized spacial score (nSPS) is 12.9. The van der Waals surface area contributed by atoms with E-state index in [0.717, 1.165) is 15.8 Å². The number of hydrogen-bond acceptors (Lipinski definition) is 6. The third-order valence-corrected chi connectivity index (χ3v) is 5.52. The van der Waals surface area contributed by atoms with Gasteiger partial charge < -0.3 is 15.0 Å². The van der Waals surface area contributed by atoms with Gasteiger partial charge in [-0.15, -0.1) is 5.10 Å². The zero-order valence-corrected chi connectivity index (χ0v) is 19.2. The number of rotatable bonds is 8. The maximum Gasteiger partial charge on any atom is 0.453 e. The summed E-state index contributed by atoms with van der Waals surface area (Å²) in [7, 11) is 5.47. The lowest BCUT2D eigenvalue weighted by molar-refractivity contribution is -0.144. The van der Waals surface area contributed by atoms with Gasteiger partial charge in [0.2, 0.25) is 5.91 Å². The number of ether oxygens (including phenoxy) is 1. The molecule has 1 atom stereocenters. The van der Waals surface area contributed by atoms with Gasteiger partial charge in [-0.1, -0.05) is 12.1 Å². The average Bonchev–Trinajstić information content (AvgIpc) is 3.18. The summed E-state index contributed by atoms with van der Waals surface area (Å²) < 4.78 is 45.1. The van der Waals surface area contributed by atoms with Gasteiger partial charge in [0, 0.05) is 24.4 Å². The highest BCUT2D eigenvalue weighted by Crippen LogP contribution is 2.27. The van der Waals surface area contributed by atoms with E-state index in [1.165, 1.54) is 0 Å². The molecule has 2 aromatic heterocycles. The Morgan fingerprint density at radius 3 is 2.42 bits per heavy atom. The summed E-state index contributed by atoms with van der Waals surface area (Å²) in [4.78, 5) is 22.2. The summed E-state index contributed by atoms with van der Waals surface area (Å²) in [5, 5.41) is 6.49. The molecule has 1 aromatic carbocycles. The van der Waals surface area contributed by atoms with Crippen LogP contribution in [0.3, 0.4) is 0 Å². The molecule has 33 heavy (non-hydrogen) atoms. The number of aromatic nitrogens is 4. The van der Waals surface area contributed by atoms with E-state index in [9.17, 15) is 18.0 Å². The van der Waals surface area contributed by atoms with Gasteiger partial charge in [0.1, 0.15) is 5.75 Å². The highest BCUT2D eigenvalue weighted by Gasteiger charge is 2.37. The number of nitrogens with zero attached hydrogens (tertiary/aromatic N) is 5. The predicted molar refractivity (Wildman–Crippen MR) is 116 cm³/mol. The summed E-state index contributed by atoms with van der Waals surface area (Å²) in [6.45, 7) is 3.74. The fourth-order valence-corrected chi connectivity index (χ4v) is 3.65. The lowest BCUT2D eigenvalue weighted by Crippen LogP contribution is -2.34. The SMILES string of the molecule is COc1ccc([C@H](CNC(=O)CCc2c(C)nc3nc(C(F)(F)F)nn3c2C)N(C)C)cc1. The standard InChI is InChI=1S/C22H27F3N6O2/c1-13-17(14(2)31-21(27-13)28-20(29-31)22(23,24)25)10-11-19(32)26-12-18(30(3)4)15-6-8-16(33-5)9-7-15/h6-9,18H,10-12H2,1-5H3,(H,26,32)/t18-/m0/s1. The molecule has 0 aliphatic rings. The van der Waals surface area contributed by atoms with E-state index in [4.69, 9.17) is 4.74 Å². The van der Waals surface area contributed by atoms with Crippen molar-refractivity contribution in [3.8, 4) is 5.75 Å². The van der Waals surface area contributed by atoms with Gasteiger partial charge >= 0.3 is 6.18 Å². The van der Waals surface area contributed by atoms with E-state index in [-0.39, 0.29) is 24.1 Å². The molecule has 0 radical (unpaired) electrons. The lowest BCUT2D eigenvalue weighted by Gasteiger charge is -2.25. The zero-order valence-electron chi connectivity index (χ0n) is 19.2.